The van der Waals surface area contributed by atoms with E-state index in [-0.39, 0.29) is 11.6 Å². The molecule has 2 aromatic rings. The minimum Gasteiger partial charge on any atom is -0.477 e. The van der Waals surface area contributed by atoms with E-state index in [4.69, 9.17) is 5.11 Å². The molecule has 0 unspecified atom stereocenters. The average Bonchev–Trinajstić information content (AvgIpc) is 2.32. The molecule has 0 bridgehead atoms. The third kappa shape index (κ3) is 3.51. The molecule has 0 aliphatic heterocycles. The summed E-state index contributed by atoms with van der Waals surface area (Å²) < 4.78 is 1.75. The summed E-state index contributed by atoms with van der Waals surface area (Å²) in [6.45, 7) is 1.72. The summed E-state index contributed by atoms with van der Waals surface area (Å²) in [7, 11) is 0. The Labute approximate surface area is 126 Å². The lowest BCUT2D eigenvalue weighted by Gasteiger charge is -2.08. The number of nitrogens with zero attached hydrogens (tertiary/aromatic N) is 2. The van der Waals surface area contributed by atoms with Gasteiger partial charge in [-0.3, -0.25) is 0 Å². The third-order valence-corrected chi connectivity index (χ3v) is 3.40. The molecule has 5 nitrogen and oxygen atoms in total. The van der Waals surface area contributed by atoms with Gasteiger partial charge in [-0.1, -0.05) is 15.9 Å². The molecule has 19 heavy (non-hydrogen) atoms. The number of aromatic carboxylic acids is 1. The SMILES string of the molecule is Cc1cc(C(=O)O)nc(Nc2ccc(Br)cc2Br)n1. The van der Waals surface area contributed by atoms with Crippen molar-refractivity contribution in [1.29, 1.82) is 0 Å². The van der Waals surface area contributed by atoms with Crippen LogP contribution < -0.4 is 5.32 Å². The van der Waals surface area contributed by atoms with Crippen LogP contribution in [0.4, 0.5) is 11.6 Å². The van der Waals surface area contributed by atoms with Crippen LogP contribution in [0, 0.1) is 6.92 Å². The van der Waals surface area contributed by atoms with E-state index in [0.29, 0.717) is 5.69 Å². The van der Waals surface area contributed by atoms with Crippen LogP contribution in [0.15, 0.2) is 33.2 Å². The van der Waals surface area contributed by atoms with Crippen molar-refractivity contribution in [3.63, 3.8) is 0 Å². The summed E-state index contributed by atoms with van der Waals surface area (Å²) in [5.41, 5.74) is 1.30. The molecule has 98 valence electrons. The molecule has 0 fully saturated rings. The molecular weight excluding hydrogens is 378 g/mol. The van der Waals surface area contributed by atoms with E-state index >= 15 is 0 Å². The van der Waals surface area contributed by atoms with Gasteiger partial charge in [-0.2, -0.15) is 0 Å². The maximum absolute atomic E-state index is 10.9. The minimum absolute atomic E-state index is 0.0387. The minimum atomic E-state index is -1.08. The lowest BCUT2D eigenvalue weighted by molar-refractivity contribution is 0.0690. The number of anilines is 2. The Balaban J connectivity index is 2.35. The van der Waals surface area contributed by atoms with Crippen LogP contribution in [0.5, 0.6) is 0 Å². The molecule has 0 radical (unpaired) electrons. The topological polar surface area (TPSA) is 75.1 Å². The number of benzene rings is 1. The molecular formula is C12H9Br2N3O2. The largest absolute Gasteiger partial charge is 0.477 e. The Bertz CT molecular complexity index is 647. The van der Waals surface area contributed by atoms with Gasteiger partial charge in [-0.05, 0) is 47.1 Å². The van der Waals surface area contributed by atoms with Gasteiger partial charge in [-0.15, -0.1) is 0 Å². The van der Waals surface area contributed by atoms with E-state index < -0.39 is 5.97 Å². The fraction of sp³-hybridized carbons (Fsp3) is 0.0833. The normalized spacial score (nSPS) is 10.3. The number of aromatic nitrogens is 2. The summed E-state index contributed by atoms with van der Waals surface area (Å²) >= 11 is 6.76. The molecule has 1 aromatic heterocycles. The average molecular weight is 387 g/mol. The number of rotatable bonds is 3. The Kier molecular flexibility index (Phi) is 4.16. The van der Waals surface area contributed by atoms with E-state index in [1.807, 2.05) is 18.2 Å². The Morgan fingerprint density at radius 1 is 1.26 bits per heavy atom. The number of nitrogens with one attached hydrogen (secondary N) is 1. The van der Waals surface area contributed by atoms with Gasteiger partial charge >= 0.3 is 5.97 Å². The van der Waals surface area contributed by atoms with Gasteiger partial charge in [0, 0.05) is 14.6 Å². The van der Waals surface area contributed by atoms with Crippen molar-refractivity contribution in [2.45, 2.75) is 6.92 Å². The summed E-state index contributed by atoms with van der Waals surface area (Å²) in [5.74, 6) is -0.830. The monoisotopic (exact) mass is 385 g/mol. The first-order valence-electron chi connectivity index (χ1n) is 5.27. The summed E-state index contributed by atoms with van der Waals surface area (Å²) in [5, 5.41) is 11.9. The van der Waals surface area contributed by atoms with Gasteiger partial charge in [0.2, 0.25) is 5.95 Å². The number of aryl methyl sites for hydroxylation is 1. The molecule has 1 aromatic carbocycles. The smallest absolute Gasteiger partial charge is 0.354 e. The molecule has 0 aliphatic rings. The second-order valence-electron chi connectivity index (χ2n) is 3.77. The number of carboxylic acid groups (broad SMARTS) is 1. The van der Waals surface area contributed by atoms with E-state index in [0.717, 1.165) is 14.6 Å². The van der Waals surface area contributed by atoms with Gasteiger partial charge in [0.1, 0.15) is 0 Å². The lowest BCUT2D eigenvalue weighted by atomic mass is 10.3. The van der Waals surface area contributed by atoms with E-state index in [1.54, 1.807) is 6.92 Å². The molecule has 7 heteroatoms. The molecule has 2 N–H and O–H groups in total. The molecule has 0 amide bonds. The van der Waals surface area contributed by atoms with Crippen LogP contribution in [0.1, 0.15) is 16.2 Å². The highest BCUT2D eigenvalue weighted by atomic mass is 79.9. The van der Waals surface area contributed by atoms with Gasteiger partial charge in [-0.25, -0.2) is 14.8 Å². The number of carbonyl (C=O) groups is 1. The molecule has 0 atom stereocenters. The van der Waals surface area contributed by atoms with Crippen molar-refractivity contribution in [1.82, 2.24) is 9.97 Å². The summed E-state index contributed by atoms with van der Waals surface area (Å²) in [4.78, 5) is 19.0. The van der Waals surface area contributed by atoms with Gasteiger partial charge in [0.25, 0.3) is 0 Å². The molecule has 0 aliphatic carbocycles. The standard InChI is InChI=1S/C12H9Br2N3O2/c1-6-4-10(11(18)19)17-12(15-6)16-9-3-2-7(13)5-8(9)14/h2-5H,1H3,(H,18,19)(H,15,16,17). The van der Waals surface area contributed by atoms with Crippen LogP contribution >= 0.6 is 31.9 Å². The first-order valence-corrected chi connectivity index (χ1v) is 6.85. The van der Waals surface area contributed by atoms with Crippen LogP contribution in [0.2, 0.25) is 0 Å². The van der Waals surface area contributed by atoms with Crippen molar-refractivity contribution in [3.8, 4) is 0 Å². The molecule has 1 heterocycles. The maximum Gasteiger partial charge on any atom is 0.354 e. The molecule has 2 rings (SSSR count). The molecule has 0 saturated heterocycles. The highest BCUT2D eigenvalue weighted by Crippen LogP contribution is 2.27. The van der Waals surface area contributed by atoms with Crippen molar-refractivity contribution in [2.75, 3.05) is 5.32 Å². The second kappa shape index (κ2) is 5.66. The van der Waals surface area contributed by atoms with Crippen LogP contribution in [-0.4, -0.2) is 21.0 Å². The fourth-order valence-electron chi connectivity index (χ4n) is 1.45. The zero-order valence-corrected chi connectivity index (χ0v) is 13.0. The van der Waals surface area contributed by atoms with Crippen LogP contribution in [-0.2, 0) is 0 Å². The van der Waals surface area contributed by atoms with Crippen molar-refractivity contribution in [3.05, 3.63) is 44.6 Å². The number of hydrogen-bond acceptors (Lipinski definition) is 4. The van der Waals surface area contributed by atoms with Crippen molar-refractivity contribution < 1.29 is 9.90 Å². The Morgan fingerprint density at radius 3 is 2.63 bits per heavy atom. The molecule has 0 spiro atoms. The van der Waals surface area contributed by atoms with Gasteiger partial charge < -0.3 is 10.4 Å². The van der Waals surface area contributed by atoms with Gasteiger partial charge in [0.05, 0.1) is 5.69 Å². The zero-order valence-electron chi connectivity index (χ0n) is 9.82. The fourth-order valence-corrected chi connectivity index (χ4v) is 2.59. The number of carboxylic acids is 1. The number of hydrogen-bond donors (Lipinski definition) is 2. The third-order valence-electron chi connectivity index (χ3n) is 2.25. The maximum atomic E-state index is 10.9. The first kappa shape index (κ1) is 14.0. The zero-order chi connectivity index (χ0) is 14.0. The number of halogens is 2. The highest BCUT2D eigenvalue weighted by Gasteiger charge is 2.09. The second-order valence-corrected chi connectivity index (χ2v) is 5.54. The van der Waals surface area contributed by atoms with Gasteiger partial charge in [0.15, 0.2) is 5.69 Å². The quantitative estimate of drug-likeness (QED) is 0.840. The van der Waals surface area contributed by atoms with Crippen molar-refractivity contribution >= 4 is 49.5 Å². The predicted molar refractivity (Wildman–Crippen MR) is 78.9 cm³/mol. The summed E-state index contributed by atoms with van der Waals surface area (Å²) in [6.07, 6.45) is 0. The van der Waals surface area contributed by atoms with E-state index in [9.17, 15) is 4.79 Å². The Hall–Kier alpha value is -1.47. The summed E-state index contributed by atoms with van der Waals surface area (Å²) in [6, 6.07) is 6.99. The van der Waals surface area contributed by atoms with E-state index in [1.165, 1.54) is 6.07 Å². The molecule has 0 saturated carbocycles. The van der Waals surface area contributed by atoms with Crippen LogP contribution in [0.25, 0.3) is 0 Å². The van der Waals surface area contributed by atoms with Crippen LogP contribution in [0.3, 0.4) is 0 Å². The highest BCUT2D eigenvalue weighted by molar-refractivity contribution is 9.11. The van der Waals surface area contributed by atoms with Crippen molar-refractivity contribution in [2.24, 2.45) is 0 Å². The predicted octanol–water partition coefficient (Wildman–Crippen LogP) is 3.75. The lowest BCUT2D eigenvalue weighted by Crippen LogP contribution is -2.06. The van der Waals surface area contributed by atoms with E-state index in [2.05, 4.69) is 47.1 Å². The Morgan fingerprint density at radius 2 is 2.00 bits per heavy atom. The first-order chi connectivity index (χ1) is 8.95.